The number of rotatable bonds is 6. The van der Waals surface area contributed by atoms with Crippen LogP contribution >= 0.6 is 0 Å². The average molecular weight is 261 g/mol. The highest BCUT2D eigenvalue weighted by atomic mass is 16.4. The summed E-state index contributed by atoms with van der Waals surface area (Å²) < 4.78 is 5.38. The number of hydrogen-bond donors (Lipinski definition) is 3. The third-order valence-electron chi connectivity index (χ3n) is 2.39. The van der Waals surface area contributed by atoms with Crippen LogP contribution < -0.4 is 16.4 Å². The van der Waals surface area contributed by atoms with Crippen LogP contribution in [0.2, 0.25) is 0 Å². The topological polar surface area (TPSA) is 106 Å². The first-order valence-electron chi connectivity index (χ1n) is 5.89. The Bertz CT molecular complexity index is 567. The van der Waals surface area contributed by atoms with E-state index in [0.29, 0.717) is 23.7 Å². The summed E-state index contributed by atoms with van der Waals surface area (Å²) in [5, 5.41) is 13.7. The fraction of sp³-hybridized carbons (Fsp3) is 0.250. The van der Waals surface area contributed by atoms with E-state index in [1.807, 2.05) is 6.92 Å². The van der Waals surface area contributed by atoms with Crippen molar-refractivity contribution in [2.24, 2.45) is 5.73 Å². The van der Waals surface area contributed by atoms with Crippen LogP contribution in [0, 0.1) is 0 Å². The maximum Gasteiger partial charge on any atom is 0.320 e. The molecule has 0 saturated heterocycles. The van der Waals surface area contributed by atoms with Gasteiger partial charge in [-0.05, 0) is 24.7 Å². The van der Waals surface area contributed by atoms with E-state index >= 15 is 0 Å². The zero-order valence-corrected chi connectivity index (χ0v) is 10.5. The minimum atomic E-state index is -0.484. The molecule has 0 spiro atoms. The normalized spacial score (nSPS) is 10.4. The van der Waals surface area contributed by atoms with Gasteiger partial charge in [0.1, 0.15) is 0 Å². The molecule has 7 heteroatoms. The number of nitrogens with zero attached hydrogens (tertiary/aromatic N) is 2. The van der Waals surface area contributed by atoms with Crippen LogP contribution in [0.4, 0.5) is 11.7 Å². The summed E-state index contributed by atoms with van der Waals surface area (Å²) in [6.07, 6.45) is 0. The predicted molar refractivity (Wildman–Crippen MR) is 69.9 cm³/mol. The van der Waals surface area contributed by atoms with E-state index in [4.69, 9.17) is 10.2 Å². The third-order valence-corrected chi connectivity index (χ3v) is 2.39. The fourth-order valence-corrected chi connectivity index (χ4v) is 1.48. The minimum Gasteiger partial charge on any atom is -0.406 e. The maximum absolute atomic E-state index is 11.1. The third kappa shape index (κ3) is 3.52. The predicted octanol–water partition coefficient (Wildman–Crippen LogP) is 1.02. The van der Waals surface area contributed by atoms with Crippen molar-refractivity contribution in [1.82, 2.24) is 15.5 Å². The van der Waals surface area contributed by atoms with Gasteiger partial charge in [0.2, 0.25) is 11.8 Å². The Balaban J connectivity index is 2.06. The first kappa shape index (κ1) is 13.0. The summed E-state index contributed by atoms with van der Waals surface area (Å²) in [6.45, 7) is 3.34. The number of carbonyl (C=O) groups is 1. The molecular weight excluding hydrogens is 246 g/mol. The van der Waals surface area contributed by atoms with Gasteiger partial charge in [0.15, 0.2) is 0 Å². The van der Waals surface area contributed by atoms with Crippen molar-refractivity contribution >= 4 is 17.6 Å². The van der Waals surface area contributed by atoms with Crippen LogP contribution in [0.5, 0.6) is 0 Å². The molecule has 100 valence electrons. The molecule has 2 rings (SSSR count). The van der Waals surface area contributed by atoms with Crippen molar-refractivity contribution < 1.29 is 9.21 Å². The second-order valence-corrected chi connectivity index (χ2v) is 3.85. The summed E-state index contributed by atoms with van der Waals surface area (Å²) in [7, 11) is 0. The van der Waals surface area contributed by atoms with Crippen LogP contribution in [0.15, 0.2) is 28.7 Å². The molecular formula is C12H15N5O2. The first-order valence-corrected chi connectivity index (χ1v) is 5.89. The highest BCUT2D eigenvalue weighted by Crippen LogP contribution is 2.16. The van der Waals surface area contributed by atoms with Crippen molar-refractivity contribution in [1.29, 1.82) is 0 Å². The molecule has 0 aliphatic rings. The lowest BCUT2D eigenvalue weighted by Crippen LogP contribution is -2.11. The van der Waals surface area contributed by atoms with E-state index < -0.39 is 5.91 Å². The molecule has 19 heavy (non-hydrogen) atoms. The number of nitrogens with one attached hydrogen (secondary N) is 2. The number of aromatic nitrogens is 2. The van der Waals surface area contributed by atoms with Gasteiger partial charge in [-0.25, -0.2) is 0 Å². The first-order chi connectivity index (χ1) is 9.19. The second kappa shape index (κ2) is 5.96. The average Bonchev–Trinajstić information content (AvgIpc) is 2.84. The van der Waals surface area contributed by atoms with E-state index in [-0.39, 0.29) is 6.01 Å². The monoisotopic (exact) mass is 261 g/mol. The zero-order valence-electron chi connectivity index (χ0n) is 10.5. The van der Waals surface area contributed by atoms with E-state index in [1.54, 1.807) is 24.3 Å². The largest absolute Gasteiger partial charge is 0.406 e. The van der Waals surface area contributed by atoms with Gasteiger partial charge in [-0.15, -0.1) is 5.10 Å². The summed E-state index contributed by atoms with van der Waals surface area (Å²) in [5.41, 5.74) is 6.28. The van der Waals surface area contributed by atoms with Crippen molar-refractivity contribution in [3.05, 3.63) is 35.7 Å². The van der Waals surface area contributed by atoms with Crippen LogP contribution in [0.1, 0.15) is 23.2 Å². The van der Waals surface area contributed by atoms with E-state index in [0.717, 1.165) is 6.54 Å². The number of amides is 1. The Labute approximate surface area is 110 Å². The molecule has 2 aromatic rings. The second-order valence-electron chi connectivity index (χ2n) is 3.85. The van der Waals surface area contributed by atoms with Crippen molar-refractivity contribution in [2.75, 3.05) is 11.9 Å². The number of hydrogen-bond acceptors (Lipinski definition) is 6. The smallest absolute Gasteiger partial charge is 0.320 e. The Morgan fingerprint density at radius 2 is 2.26 bits per heavy atom. The lowest BCUT2D eigenvalue weighted by atomic mass is 10.2. The number of benzene rings is 1. The van der Waals surface area contributed by atoms with Gasteiger partial charge in [-0.1, -0.05) is 18.1 Å². The number of anilines is 2. The molecule has 0 bridgehead atoms. The Morgan fingerprint density at radius 1 is 1.42 bits per heavy atom. The Kier molecular flexibility index (Phi) is 4.09. The van der Waals surface area contributed by atoms with Gasteiger partial charge in [0.05, 0.1) is 6.54 Å². The molecule has 1 amide bonds. The molecule has 0 fully saturated rings. The molecule has 1 heterocycles. The zero-order chi connectivity index (χ0) is 13.7. The highest BCUT2D eigenvalue weighted by Gasteiger charge is 2.07. The Hall–Kier alpha value is -2.41. The Morgan fingerprint density at radius 3 is 3.00 bits per heavy atom. The number of primary amides is 1. The lowest BCUT2D eigenvalue weighted by molar-refractivity contribution is 0.100. The number of carbonyl (C=O) groups excluding carboxylic acids is 1. The van der Waals surface area contributed by atoms with Gasteiger partial charge in [-0.2, -0.15) is 0 Å². The van der Waals surface area contributed by atoms with E-state index in [9.17, 15) is 4.79 Å². The summed E-state index contributed by atoms with van der Waals surface area (Å²) in [5.74, 6) is 0.0115. The quantitative estimate of drug-likeness (QED) is 0.716. The molecule has 4 N–H and O–H groups in total. The lowest BCUT2D eigenvalue weighted by Gasteiger charge is -2.02. The maximum atomic E-state index is 11.1. The van der Waals surface area contributed by atoms with Crippen molar-refractivity contribution in [3.8, 4) is 0 Å². The van der Waals surface area contributed by atoms with Crippen LogP contribution in [-0.2, 0) is 6.54 Å². The number of nitrogens with two attached hydrogens (primary N) is 1. The molecule has 0 aliphatic heterocycles. The molecule has 0 saturated carbocycles. The van der Waals surface area contributed by atoms with Gasteiger partial charge in [0, 0.05) is 11.3 Å². The van der Waals surface area contributed by atoms with Crippen LogP contribution in [0.3, 0.4) is 0 Å². The standard InChI is InChI=1S/C12H15N5O2/c1-2-14-7-10-16-17-12(19-10)15-9-5-3-4-8(6-9)11(13)18/h3-6,14H,2,7H2,1H3,(H2,13,18)(H,15,17). The van der Waals surface area contributed by atoms with Gasteiger partial charge >= 0.3 is 6.01 Å². The van der Waals surface area contributed by atoms with Gasteiger partial charge < -0.3 is 20.8 Å². The van der Waals surface area contributed by atoms with Gasteiger partial charge in [0.25, 0.3) is 0 Å². The summed E-state index contributed by atoms with van der Waals surface area (Å²) in [6, 6.07) is 7.03. The van der Waals surface area contributed by atoms with E-state index in [2.05, 4.69) is 20.8 Å². The minimum absolute atomic E-state index is 0.273. The molecule has 0 unspecified atom stereocenters. The molecule has 0 atom stereocenters. The van der Waals surface area contributed by atoms with Crippen molar-refractivity contribution in [2.45, 2.75) is 13.5 Å². The summed E-state index contributed by atoms with van der Waals surface area (Å²) >= 11 is 0. The van der Waals surface area contributed by atoms with E-state index in [1.165, 1.54) is 0 Å². The molecule has 7 nitrogen and oxygen atoms in total. The SMILES string of the molecule is CCNCc1nnc(Nc2cccc(C(N)=O)c2)o1. The highest BCUT2D eigenvalue weighted by molar-refractivity contribution is 5.93. The van der Waals surface area contributed by atoms with Crippen LogP contribution in [0.25, 0.3) is 0 Å². The molecule has 0 radical (unpaired) electrons. The molecule has 0 aliphatic carbocycles. The fourth-order valence-electron chi connectivity index (χ4n) is 1.48. The van der Waals surface area contributed by atoms with Gasteiger partial charge in [-0.3, -0.25) is 4.79 Å². The van der Waals surface area contributed by atoms with Crippen LogP contribution in [-0.4, -0.2) is 22.6 Å². The molecule has 1 aromatic heterocycles. The molecule has 1 aromatic carbocycles. The summed E-state index contributed by atoms with van der Waals surface area (Å²) in [4.78, 5) is 11.1. The van der Waals surface area contributed by atoms with Crippen molar-refractivity contribution in [3.63, 3.8) is 0 Å².